The number of amides is 1. The second kappa shape index (κ2) is 7.67. The van der Waals surface area contributed by atoms with Crippen LogP contribution in [0.15, 0.2) is 18.2 Å². The average molecular weight is 424 g/mol. The van der Waals surface area contributed by atoms with E-state index in [-0.39, 0.29) is 22.6 Å². The summed E-state index contributed by atoms with van der Waals surface area (Å²) in [4.78, 5) is 25.2. The summed E-state index contributed by atoms with van der Waals surface area (Å²) < 4.78 is 5.91. The van der Waals surface area contributed by atoms with Gasteiger partial charge in [0, 0.05) is 24.2 Å². The van der Waals surface area contributed by atoms with Crippen LogP contribution in [0.5, 0.6) is 0 Å². The Morgan fingerprint density at radius 3 is 2.72 bits per heavy atom. The Bertz CT molecular complexity index is 810. The molecule has 160 valence electrons. The molecule has 3 rings (SSSR count). The second-order valence-electron chi connectivity index (χ2n) is 10.1. The maximum atomic E-state index is 12.5. The van der Waals surface area contributed by atoms with Gasteiger partial charge in [-0.15, -0.1) is 0 Å². The number of ether oxygens (including phenoxy) is 1. The fourth-order valence-electron chi connectivity index (χ4n) is 4.67. The van der Waals surface area contributed by atoms with Crippen LogP contribution in [0.4, 0.5) is 16.2 Å². The van der Waals surface area contributed by atoms with Crippen molar-refractivity contribution < 1.29 is 14.5 Å². The number of halogens is 1. The zero-order valence-electron chi connectivity index (χ0n) is 17.6. The smallest absolute Gasteiger partial charge is 0.410 e. The fraction of sp³-hybridized carbons (Fsp3) is 0.667. The Balaban J connectivity index is 1.71. The highest BCUT2D eigenvalue weighted by molar-refractivity contribution is 6.31. The summed E-state index contributed by atoms with van der Waals surface area (Å²) in [6.07, 6.45) is 3.27. The number of carbonyl (C=O) groups is 1. The summed E-state index contributed by atoms with van der Waals surface area (Å²) in [5.74, 6) is 0. The van der Waals surface area contributed by atoms with Gasteiger partial charge in [0.15, 0.2) is 0 Å². The van der Waals surface area contributed by atoms with Crippen molar-refractivity contribution in [3.05, 3.63) is 33.3 Å². The highest BCUT2D eigenvalue weighted by atomic mass is 35.5. The molecule has 1 aliphatic heterocycles. The fourth-order valence-corrected chi connectivity index (χ4v) is 4.84. The molecular formula is C21H30ClN3O4. The highest BCUT2D eigenvalue weighted by Gasteiger charge is 2.51. The number of hydrogen-bond acceptors (Lipinski definition) is 5. The topological polar surface area (TPSA) is 84.7 Å². The minimum atomic E-state index is -0.475. The van der Waals surface area contributed by atoms with Gasteiger partial charge in [-0.3, -0.25) is 10.1 Å². The summed E-state index contributed by atoms with van der Waals surface area (Å²) >= 11 is 6.04. The molecule has 2 fully saturated rings. The van der Waals surface area contributed by atoms with E-state index in [0.717, 1.165) is 25.7 Å². The summed E-state index contributed by atoms with van der Waals surface area (Å²) in [5.41, 5.74) is -0.187. The number of nitro benzene ring substituents is 1. The molecule has 8 heteroatoms. The van der Waals surface area contributed by atoms with E-state index in [2.05, 4.69) is 33.0 Å². The zero-order valence-corrected chi connectivity index (χ0v) is 18.3. The van der Waals surface area contributed by atoms with Gasteiger partial charge < -0.3 is 15.0 Å². The lowest BCUT2D eigenvalue weighted by atomic mass is 9.68. The van der Waals surface area contributed by atoms with Gasteiger partial charge in [-0.1, -0.05) is 39.3 Å². The maximum absolute atomic E-state index is 12.5. The lowest BCUT2D eigenvalue weighted by Gasteiger charge is -2.43. The summed E-state index contributed by atoms with van der Waals surface area (Å²) in [6, 6.07) is 4.52. The molecule has 1 aliphatic carbocycles. The molecule has 2 aliphatic rings. The number of hydrogen-bond donors (Lipinski definition) is 1. The van der Waals surface area contributed by atoms with Crippen LogP contribution in [-0.2, 0) is 4.74 Å². The van der Waals surface area contributed by atoms with E-state index in [9.17, 15) is 14.9 Å². The molecule has 1 saturated heterocycles. The van der Waals surface area contributed by atoms with E-state index in [1.165, 1.54) is 12.1 Å². The number of nitrogens with one attached hydrogen (secondary N) is 1. The van der Waals surface area contributed by atoms with Crippen LogP contribution in [0.2, 0.25) is 5.02 Å². The van der Waals surface area contributed by atoms with Crippen LogP contribution in [0.3, 0.4) is 0 Å². The first-order valence-corrected chi connectivity index (χ1v) is 10.4. The maximum Gasteiger partial charge on any atom is 0.410 e. The summed E-state index contributed by atoms with van der Waals surface area (Å²) in [5, 5.41) is 15.0. The monoisotopic (exact) mass is 423 g/mol. The van der Waals surface area contributed by atoms with Crippen molar-refractivity contribution in [2.75, 3.05) is 25.0 Å². The van der Waals surface area contributed by atoms with Gasteiger partial charge in [-0.25, -0.2) is 4.79 Å². The van der Waals surface area contributed by atoms with Crippen molar-refractivity contribution >= 4 is 29.1 Å². The molecule has 1 heterocycles. The third-order valence-electron chi connectivity index (χ3n) is 5.73. The first-order valence-electron chi connectivity index (χ1n) is 10.1. The van der Waals surface area contributed by atoms with Gasteiger partial charge in [-0.05, 0) is 48.6 Å². The van der Waals surface area contributed by atoms with Gasteiger partial charge >= 0.3 is 6.09 Å². The third-order valence-corrected chi connectivity index (χ3v) is 5.96. The second-order valence-corrected chi connectivity index (χ2v) is 10.5. The SMILES string of the molecule is CC(C)(C)CN1C[C@@]2(CCC[C@](C)(CNc3cc(Cl)ccc3[N+](=O)[O-])C2)OC1=O. The van der Waals surface area contributed by atoms with Crippen LogP contribution >= 0.6 is 11.6 Å². The van der Waals surface area contributed by atoms with Gasteiger partial charge in [0.2, 0.25) is 0 Å². The quantitative estimate of drug-likeness (QED) is 0.500. The van der Waals surface area contributed by atoms with Gasteiger partial charge in [0.1, 0.15) is 11.3 Å². The molecular weight excluding hydrogens is 394 g/mol. The number of carbonyl (C=O) groups excluding carboxylic acids is 1. The van der Waals surface area contributed by atoms with Crippen molar-refractivity contribution in [2.24, 2.45) is 10.8 Å². The lowest BCUT2D eigenvalue weighted by molar-refractivity contribution is -0.384. The molecule has 2 atom stereocenters. The van der Waals surface area contributed by atoms with Crippen molar-refractivity contribution in [1.82, 2.24) is 4.90 Å². The van der Waals surface area contributed by atoms with E-state index in [1.807, 2.05) is 4.90 Å². The first kappa shape index (κ1) is 21.7. The normalized spacial score (nSPS) is 27.2. The van der Waals surface area contributed by atoms with Gasteiger partial charge in [0.25, 0.3) is 5.69 Å². The van der Waals surface area contributed by atoms with Crippen molar-refractivity contribution in [3.63, 3.8) is 0 Å². The third kappa shape index (κ3) is 5.13. The molecule has 1 aromatic carbocycles. The summed E-state index contributed by atoms with van der Waals surface area (Å²) in [7, 11) is 0. The molecule has 1 N–H and O–H groups in total. The minimum absolute atomic E-state index is 0.00664. The number of rotatable bonds is 5. The predicted octanol–water partition coefficient (Wildman–Crippen LogP) is 5.48. The van der Waals surface area contributed by atoms with Crippen LogP contribution in [-0.4, -0.2) is 41.2 Å². The van der Waals surface area contributed by atoms with E-state index in [0.29, 0.717) is 30.3 Å². The average Bonchev–Trinajstić information content (AvgIpc) is 2.85. The minimum Gasteiger partial charge on any atom is -0.441 e. The molecule has 7 nitrogen and oxygen atoms in total. The molecule has 0 aromatic heterocycles. The zero-order chi connectivity index (χ0) is 21.4. The van der Waals surface area contributed by atoms with Crippen LogP contribution in [0, 0.1) is 20.9 Å². The molecule has 1 saturated carbocycles. The molecule has 0 bridgehead atoms. The summed E-state index contributed by atoms with van der Waals surface area (Å²) in [6.45, 7) is 10.3. The lowest BCUT2D eigenvalue weighted by Crippen LogP contribution is -2.46. The van der Waals surface area contributed by atoms with Crippen LogP contribution < -0.4 is 5.32 Å². The Hall–Kier alpha value is -2.02. The van der Waals surface area contributed by atoms with Crippen LogP contribution in [0.25, 0.3) is 0 Å². The number of nitro groups is 1. The first-order chi connectivity index (χ1) is 13.4. The molecule has 29 heavy (non-hydrogen) atoms. The highest BCUT2D eigenvalue weighted by Crippen LogP contribution is 2.46. The largest absolute Gasteiger partial charge is 0.441 e. The van der Waals surface area contributed by atoms with Crippen LogP contribution in [0.1, 0.15) is 53.4 Å². The molecule has 0 unspecified atom stereocenters. The van der Waals surface area contributed by atoms with Crippen molar-refractivity contribution in [3.8, 4) is 0 Å². The van der Waals surface area contributed by atoms with Crippen molar-refractivity contribution in [2.45, 2.75) is 59.0 Å². The van der Waals surface area contributed by atoms with Gasteiger partial charge in [-0.2, -0.15) is 0 Å². The standard InChI is InChI=1S/C21H30ClN3O4/c1-19(2,3)13-24-14-21(29-18(24)26)9-5-8-20(4,11-21)12-23-16-10-15(22)6-7-17(16)25(27)28/h6-7,10,23H,5,8-9,11-14H2,1-4H3/t20-,21-/m0/s1. The molecule has 0 radical (unpaired) electrons. The Kier molecular flexibility index (Phi) is 5.73. The number of benzene rings is 1. The van der Waals surface area contributed by atoms with Gasteiger partial charge in [0.05, 0.1) is 11.5 Å². The van der Waals surface area contributed by atoms with E-state index in [4.69, 9.17) is 16.3 Å². The predicted molar refractivity (Wildman–Crippen MR) is 113 cm³/mol. The van der Waals surface area contributed by atoms with E-state index in [1.54, 1.807) is 6.07 Å². The number of anilines is 1. The number of nitrogens with zero attached hydrogens (tertiary/aromatic N) is 2. The Labute approximate surface area is 176 Å². The molecule has 1 spiro atoms. The van der Waals surface area contributed by atoms with E-state index < -0.39 is 10.5 Å². The van der Waals surface area contributed by atoms with E-state index >= 15 is 0 Å². The molecule has 1 amide bonds. The van der Waals surface area contributed by atoms with Crippen molar-refractivity contribution in [1.29, 1.82) is 0 Å². The molecule has 1 aromatic rings. The Morgan fingerprint density at radius 2 is 2.07 bits per heavy atom. The Morgan fingerprint density at radius 1 is 1.34 bits per heavy atom.